The van der Waals surface area contributed by atoms with Crippen LogP contribution in [0.4, 0.5) is 0 Å². The second kappa shape index (κ2) is 62.6. The molecule has 1 atom stereocenters. The highest BCUT2D eigenvalue weighted by Gasteiger charge is 2.16. The number of unbranched alkanes of at least 4 members (excludes halogenated alkanes) is 16. The van der Waals surface area contributed by atoms with E-state index in [0.717, 1.165) is 141 Å². The summed E-state index contributed by atoms with van der Waals surface area (Å²) in [6, 6.07) is 0. The minimum atomic E-state index is -0.794. The number of carbonyl (C=O) groups excluding carboxylic acids is 2. The van der Waals surface area contributed by atoms with E-state index in [4.69, 9.17) is 9.47 Å². The van der Waals surface area contributed by atoms with E-state index in [1.165, 1.54) is 64.2 Å². The van der Waals surface area contributed by atoms with E-state index in [1.54, 1.807) is 0 Å². The molecule has 5 nitrogen and oxygen atoms in total. The van der Waals surface area contributed by atoms with E-state index in [1.807, 2.05) is 0 Å². The molecule has 0 saturated heterocycles. The van der Waals surface area contributed by atoms with E-state index in [2.05, 4.69) is 184 Å². The quantitative estimate of drug-likeness (QED) is 0.0373. The minimum Gasteiger partial charge on any atom is -0.462 e. The molecule has 0 rings (SSSR count). The van der Waals surface area contributed by atoms with Crippen LogP contribution in [0.2, 0.25) is 0 Å². The Balaban J connectivity index is 3.62. The first-order valence-electron chi connectivity index (χ1n) is 29.7. The zero-order valence-electron chi connectivity index (χ0n) is 47.3. The number of hydrogen-bond donors (Lipinski definition) is 1. The van der Waals surface area contributed by atoms with E-state index in [-0.39, 0.29) is 25.2 Å². The summed E-state index contributed by atoms with van der Waals surface area (Å²) in [7, 11) is 0. The fraction of sp³-hybridized carbons (Fsp3) is 0.565. The lowest BCUT2D eigenvalue weighted by atomic mass is 10.1. The van der Waals surface area contributed by atoms with Gasteiger partial charge >= 0.3 is 11.9 Å². The average Bonchev–Trinajstić information content (AvgIpc) is 3.40. The van der Waals surface area contributed by atoms with E-state index >= 15 is 0 Å². The summed E-state index contributed by atoms with van der Waals surface area (Å²) < 4.78 is 10.7. The maximum atomic E-state index is 12.3. The van der Waals surface area contributed by atoms with Crippen molar-refractivity contribution in [2.75, 3.05) is 13.2 Å². The molecule has 1 unspecified atom stereocenters. The molecule has 0 bridgehead atoms. The van der Waals surface area contributed by atoms with Gasteiger partial charge in [-0.2, -0.15) is 0 Å². The number of ether oxygens (including phenoxy) is 2. The molecule has 1 N–H and O–H groups in total. The van der Waals surface area contributed by atoms with Crippen molar-refractivity contribution >= 4 is 11.9 Å². The highest BCUT2D eigenvalue weighted by molar-refractivity contribution is 5.70. The SMILES string of the molecule is CC/C=C\C/C=C\C/C=C\C/C=C\C/C=C\C/C=C\C/C=C\C/C=C\C/C=C\CCCCCCCCCCCC(=O)OC(CO)COC(=O)CCCCCCCCC/C=C\C/C=C\C/C=C\C/C=C\C/C=C\CC. The van der Waals surface area contributed by atoms with Crippen molar-refractivity contribution in [1.29, 1.82) is 0 Å². The summed E-state index contributed by atoms with van der Waals surface area (Å²) in [5.74, 6) is -0.621. The highest BCUT2D eigenvalue weighted by Crippen LogP contribution is 2.14. The summed E-state index contributed by atoms with van der Waals surface area (Å²) >= 11 is 0. The molecule has 0 amide bonds. The predicted molar refractivity (Wildman–Crippen MR) is 324 cm³/mol. The van der Waals surface area contributed by atoms with Crippen LogP contribution < -0.4 is 0 Å². The number of aliphatic hydroxyl groups excluding tert-OH is 1. The Morgan fingerprint density at radius 3 is 0.811 bits per heavy atom. The number of carbonyl (C=O) groups is 2. The molecule has 0 aromatic carbocycles. The molecule has 0 saturated carbocycles. The third-order valence-corrected chi connectivity index (χ3v) is 12.0. The molecule has 0 aliphatic rings. The summed E-state index contributed by atoms with van der Waals surface area (Å²) in [4.78, 5) is 24.6. The number of hydrogen-bond acceptors (Lipinski definition) is 5. The van der Waals surface area contributed by atoms with Gasteiger partial charge in [-0.3, -0.25) is 9.59 Å². The van der Waals surface area contributed by atoms with Gasteiger partial charge in [0, 0.05) is 12.8 Å². The van der Waals surface area contributed by atoms with E-state index < -0.39 is 6.10 Å². The molecule has 0 fully saturated rings. The normalized spacial score (nSPS) is 13.5. The summed E-state index contributed by atoms with van der Waals surface area (Å²) in [5, 5.41) is 9.66. The lowest BCUT2D eigenvalue weighted by molar-refractivity contribution is -0.161. The van der Waals surface area contributed by atoms with Crippen molar-refractivity contribution in [2.45, 2.75) is 238 Å². The van der Waals surface area contributed by atoms with Crippen LogP contribution >= 0.6 is 0 Å². The van der Waals surface area contributed by atoms with Crippen LogP contribution in [-0.2, 0) is 19.1 Å². The summed E-state index contributed by atoms with van der Waals surface area (Å²) in [6.45, 7) is 3.89. The van der Waals surface area contributed by atoms with Gasteiger partial charge in [0.2, 0.25) is 0 Å². The van der Waals surface area contributed by atoms with Gasteiger partial charge in [-0.15, -0.1) is 0 Å². The molecule has 0 radical (unpaired) electrons. The monoisotopic (exact) mass is 1020 g/mol. The van der Waals surface area contributed by atoms with Gasteiger partial charge in [0.05, 0.1) is 6.61 Å². The Morgan fingerprint density at radius 2 is 0.541 bits per heavy atom. The van der Waals surface area contributed by atoms with Gasteiger partial charge in [0.25, 0.3) is 0 Å². The molecule has 0 aromatic heterocycles. The number of aliphatic hydroxyl groups is 1. The van der Waals surface area contributed by atoms with Crippen LogP contribution in [0.25, 0.3) is 0 Å². The number of esters is 2. The maximum absolute atomic E-state index is 12.3. The Morgan fingerprint density at radius 1 is 0.311 bits per heavy atom. The second-order valence-corrected chi connectivity index (χ2v) is 19.0. The minimum absolute atomic E-state index is 0.0850. The smallest absolute Gasteiger partial charge is 0.306 e. The van der Waals surface area contributed by atoms with Crippen LogP contribution in [0.15, 0.2) is 170 Å². The number of allylic oxidation sites excluding steroid dienone is 28. The Bertz CT molecular complexity index is 1670. The van der Waals surface area contributed by atoms with Crippen molar-refractivity contribution in [3.05, 3.63) is 170 Å². The topological polar surface area (TPSA) is 72.8 Å². The van der Waals surface area contributed by atoms with Crippen LogP contribution in [0.1, 0.15) is 232 Å². The van der Waals surface area contributed by atoms with Gasteiger partial charge in [-0.25, -0.2) is 0 Å². The largest absolute Gasteiger partial charge is 0.462 e. The molecule has 0 aliphatic carbocycles. The van der Waals surface area contributed by atoms with Crippen molar-refractivity contribution in [1.82, 2.24) is 0 Å². The summed E-state index contributed by atoms with van der Waals surface area (Å²) in [5.41, 5.74) is 0. The van der Waals surface area contributed by atoms with E-state index in [0.29, 0.717) is 12.8 Å². The molecule has 0 spiro atoms. The Kier molecular flexibility index (Phi) is 58.5. The Hall–Kier alpha value is -4.74. The van der Waals surface area contributed by atoms with Crippen molar-refractivity contribution < 1.29 is 24.2 Å². The molecule has 0 aliphatic heterocycles. The van der Waals surface area contributed by atoms with Gasteiger partial charge in [0.1, 0.15) is 6.61 Å². The van der Waals surface area contributed by atoms with E-state index in [9.17, 15) is 14.7 Å². The van der Waals surface area contributed by atoms with Crippen molar-refractivity contribution in [3.63, 3.8) is 0 Å². The summed E-state index contributed by atoms with van der Waals surface area (Å²) in [6.07, 6.45) is 97.5. The molecule has 0 aromatic rings. The maximum Gasteiger partial charge on any atom is 0.306 e. The van der Waals surface area contributed by atoms with Gasteiger partial charge in [-0.1, -0.05) is 261 Å². The Labute approximate surface area is 455 Å². The molecular formula is C69H108O5. The first kappa shape index (κ1) is 69.3. The standard InChI is InChI=1S/C69H108O5/c1-3-5-7-9-11-13-15-17-19-21-23-25-27-28-29-30-31-32-33-34-35-36-37-38-39-40-42-44-46-48-50-52-54-56-58-60-62-64-69(72)74-67(65-70)66-73-68(71)63-61-59-57-55-53-51-49-47-45-43-41-26-24-22-20-18-16-14-12-10-8-6-4-2/h5-8,11-14,17-20,23-26,28-29,31-32,34-35,37-38,40,42-43,45,67,70H,3-4,9-10,15-16,21-22,27,30,33,36,39,41,44,46-66H2,1-2H3/b7-5-,8-6-,13-11-,14-12-,19-17-,20-18-,25-23-,26-24-,29-28-,32-31-,35-34-,38-37-,42-40-,45-43-. The van der Waals surface area contributed by atoms with Crippen LogP contribution in [0.3, 0.4) is 0 Å². The molecule has 74 heavy (non-hydrogen) atoms. The molecule has 414 valence electrons. The molecule has 0 heterocycles. The predicted octanol–water partition coefficient (Wildman–Crippen LogP) is 20.5. The zero-order chi connectivity index (χ0) is 53.4. The number of rotatable bonds is 52. The highest BCUT2D eigenvalue weighted by atomic mass is 16.6. The second-order valence-electron chi connectivity index (χ2n) is 19.0. The first-order valence-corrected chi connectivity index (χ1v) is 29.7. The van der Waals surface area contributed by atoms with Crippen LogP contribution in [0, 0.1) is 0 Å². The van der Waals surface area contributed by atoms with Gasteiger partial charge in [0.15, 0.2) is 6.10 Å². The first-order chi connectivity index (χ1) is 36.6. The zero-order valence-corrected chi connectivity index (χ0v) is 47.3. The lowest BCUT2D eigenvalue weighted by Crippen LogP contribution is -2.28. The van der Waals surface area contributed by atoms with Crippen molar-refractivity contribution in [2.24, 2.45) is 0 Å². The van der Waals surface area contributed by atoms with Gasteiger partial charge < -0.3 is 14.6 Å². The molecular weight excluding hydrogens is 909 g/mol. The fourth-order valence-electron chi connectivity index (χ4n) is 7.63. The van der Waals surface area contributed by atoms with Crippen LogP contribution in [0.5, 0.6) is 0 Å². The third kappa shape index (κ3) is 59.8. The third-order valence-electron chi connectivity index (χ3n) is 12.0. The van der Waals surface area contributed by atoms with Crippen LogP contribution in [-0.4, -0.2) is 36.4 Å². The fourth-order valence-corrected chi connectivity index (χ4v) is 7.63. The average molecular weight is 1020 g/mol. The van der Waals surface area contributed by atoms with Gasteiger partial charge in [-0.05, 0) is 128 Å². The molecule has 5 heteroatoms. The lowest BCUT2D eigenvalue weighted by Gasteiger charge is -2.15. The van der Waals surface area contributed by atoms with Crippen molar-refractivity contribution in [3.8, 4) is 0 Å².